The molecule has 1 fully saturated rings. The molecule has 4 rings (SSSR count). The zero-order chi connectivity index (χ0) is 22.6. The molecule has 3 aromatic rings. The van der Waals surface area contributed by atoms with Gasteiger partial charge in [0.2, 0.25) is 5.91 Å². The van der Waals surface area contributed by atoms with Crippen molar-refractivity contribution < 1.29 is 31.1 Å². The number of carbonyl (C=O) groups is 1. The minimum atomic E-state index is -4.61. The van der Waals surface area contributed by atoms with Crippen molar-refractivity contribution in [3.05, 3.63) is 52.8 Å². The van der Waals surface area contributed by atoms with E-state index in [2.05, 4.69) is 15.4 Å². The fraction of sp³-hybridized carbons (Fsp3) is 0.350. The molecule has 0 saturated heterocycles. The largest absolute Gasteiger partial charge is 0.417 e. The number of rotatable bonds is 4. The first-order chi connectivity index (χ1) is 14.4. The van der Waals surface area contributed by atoms with Gasteiger partial charge in [-0.05, 0) is 50.1 Å². The van der Waals surface area contributed by atoms with Crippen molar-refractivity contribution in [3.63, 3.8) is 0 Å². The minimum Gasteiger partial charge on any atom is -0.324 e. The summed E-state index contributed by atoms with van der Waals surface area (Å²) in [4.78, 5) is 16.7. The van der Waals surface area contributed by atoms with Crippen molar-refractivity contribution in [1.29, 1.82) is 0 Å². The second-order valence-electron chi connectivity index (χ2n) is 7.43. The van der Waals surface area contributed by atoms with Crippen LogP contribution >= 0.6 is 0 Å². The zero-order valence-corrected chi connectivity index (χ0v) is 16.1. The van der Waals surface area contributed by atoms with Gasteiger partial charge in [-0.1, -0.05) is 0 Å². The Labute approximate surface area is 172 Å². The Kier molecular flexibility index (Phi) is 4.94. The molecule has 2 heterocycles. The molecule has 1 aromatic carbocycles. The summed E-state index contributed by atoms with van der Waals surface area (Å²) in [6.45, 7) is 0.962. The highest BCUT2D eigenvalue weighted by Gasteiger charge is 2.37. The van der Waals surface area contributed by atoms with E-state index in [-0.39, 0.29) is 28.3 Å². The number of anilines is 1. The van der Waals surface area contributed by atoms with Gasteiger partial charge in [-0.25, -0.2) is 9.67 Å². The van der Waals surface area contributed by atoms with E-state index in [1.165, 1.54) is 6.92 Å². The molecule has 31 heavy (non-hydrogen) atoms. The number of nitrogens with zero attached hydrogens (tertiary/aromatic N) is 3. The Balaban J connectivity index is 1.62. The van der Waals surface area contributed by atoms with Crippen LogP contribution in [0.3, 0.4) is 0 Å². The molecule has 11 heteroatoms. The molecule has 1 saturated carbocycles. The molecule has 1 N–H and O–H groups in total. The number of halogens is 6. The van der Waals surface area contributed by atoms with Gasteiger partial charge in [-0.15, -0.1) is 0 Å². The Morgan fingerprint density at radius 3 is 2.29 bits per heavy atom. The minimum absolute atomic E-state index is 0.0446. The van der Waals surface area contributed by atoms with Crippen molar-refractivity contribution in [2.75, 3.05) is 5.32 Å². The van der Waals surface area contributed by atoms with Crippen LogP contribution in [0.4, 0.5) is 32.0 Å². The van der Waals surface area contributed by atoms with Crippen LogP contribution in [0.5, 0.6) is 0 Å². The second kappa shape index (κ2) is 7.24. The van der Waals surface area contributed by atoms with Gasteiger partial charge in [0.25, 0.3) is 0 Å². The SMILES string of the molecule is Cc1nn(CC(=O)Nc2ccc(C(F)(F)F)cc2)c2nc(C3CC3)cc(C(F)(F)F)c12. The van der Waals surface area contributed by atoms with Gasteiger partial charge in [-0.2, -0.15) is 31.4 Å². The second-order valence-corrected chi connectivity index (χ2v) is 7.43. The van der Waals surface area contributed by atoms with Gasteiger partial charge in [0.05, 0.1) is 22.2 Å². The monoisotopic (exact) mass is 442 g/mol. The molecule has 1 aliphatic carbocycles. The molecule has 1 aliphatic rings. The Hall–Kier alpha value is -3.11. The summed E-state index contributed by atoms with van der Waals surface area (Å²) in [6.07, 6.45) is -7.62. The van der Waals surface area contributed by atoms with Crippen molar-refractivity contribution in [2.45, 2.75) is 44.6 Å². The standard InChI is InChI=1S/C20H16F6N4O/c1-10-17-14(20(24,25)26)8-15(11-2-3-11)28-18(17)30(29-10)9-16(31)27-13-6-4-12(5-7-13)19(21,22)23/h4-8,11H,2-3,9H2,1H3,(H,27,31). The molecule has 0 aliphatic heterocycles. The highest BCUT2D eigenvalue weighted by Crippen LogP contribution is 2.43. The Morgan fingerprint density at radius 2 is 1.74 bits per heavy atom. The summed E-state index contributed by atoms with van der Waals surface area (Å²) >= 11 is 0. The maximum absolute atomic E-state index is 13.6. The van der Waals surface area contributed by atoms with Crippen molar-refractivity contribution in [2.24, 2.45) is 0 Å². The lowest BCUT2D eigenvalue weighted by Crippen LogP contribution is -2.20. The third-order valence-corrected chi connectivity index (χ3v) is 4.99. The molecule has 0 bridgehead atoms. The normalized spacial score (nSPS) is 14.8. The third kappa shape index (κ3) is 4.35. The molecular formula is C20H16F6N4O. The van der Waals surface area contributed by atoms with Crippen molar-refractivity contribution in [3.8, 4) is 0 Å². The zero-order valence-electron chi connectivity index (χ0n) is 16.1. The molecule has 5 nitrogen and oxygen atoms in total. The fourth-order valence-corrected chi connectivity index (χ4v) is 3.37. The summed E-state index contributed by atoms with van der Waals surface area (Å²) in [5.41, 5.74) is -1.24. The maximum Gasteiger partial charge on any atom is 0.417 e. The van der Waals surface area contributed by atoms with Gasteiger partial charge in [0.15, 0.2) is 5.65 Å². The topological polar surface area (TPSA) is 59.8 Å². The lowest BCUT2D eigenvalue weighted by molar-refractivity contribution is -0.138. The number of hydrogen-bond donors (Lipinski definition) is 1. The van der Waals surface area contributed by atoms with Gasteiger partial charge in [0.1, 0.15) is 6.54 Å². The third-order valence-electron chi connectivity index (χ3n) is 4.99. The number of alkyl halides is 6. The number of amides is 1. The average Bonchev–Trinajstić information content (AvgIpc) is 3.46. The summed E-state index contributed by atoms with van der Waals surface area (Å²) in [7, 11) is 0. The molecule has 2 aromatic heterocycles. The van der Waals surface area contributed by atoms with E-state index < -0.39 is 35.9 Å². The van der Waals surface area contributed by atoms with Gasteiger partial charge >= 0.3 is 12.4 Å². The highest BCUT2D eigenvalue weighted by atomic mass is 19.4. The van der Waals surface area contributed by atoms with Gasteiger partial charge in [-0.3, -0.25) is 4.79 Å². The van der Waals surface area contributed by atoms with Crippen LogP contribution in [0.25, 0.3) is 11.0 Å². The molecule has 0 spiro atoms. The first kappa shape index (κ1) is 21.1. The molecule has 164 valence electrons. The molecule has 0 unspecified atom stereocenters. The number of fused-ring (bicyclic) bond motifs is 1. The van der Waals surface area contributed by atoms with Crippen molar-refractivity contribution >= 4 is 22.6 Å². The highest BCUT2D eigenvalue weighted by molar-refractivity contribution is 5.92. The lowest BCUT2D eigenvalue weighted by atomic mass is 10.1. The van der Waals surface area contributed by atoms with Gasteiger partial charge in [0, 0.05) is 17.3 Å². The van der Waals surface area contributed by atoms with E-state index in [9.17, 15) is 31.1 Å². The summed E-state index contributed by atoms with van der Waals surface area (Å²) in [6, 6.07) is 4.88. The first-order valence-electron chi connectivity index (χ1n) is 9.36. The van der Waals surface area contributed by atoms with Crippen LogP contribution in [-0.2, 0) is 23.7 Å². The van der Waals surface area contributed by atoms with E-state index in [1.54, 1.807) is 0 Å². The summed E-state index contributed by atoms with van der Waals surface area (Å²) in [5, 5.41) is 6.31. The quantitative estimate of drug-likeness (QED) is 0.559. The number of aromatic nitrogens is 3. The van der Waals surface area contributed by atoms with E-state index >= 15 is 0 Å². The van der Waals surface area contributed by atoms with E-state index in [4.69, 9.17) is 0 Å². The number of carbonyl (C=O) groups excluding carboxylic acids is 1. The summed E-state index contributed by atoms with van der Waals surface area (Å²) < 4.78 is 79.9. The fourth-order valence-electron chi connectivity index (χ4n) is 3.37. The molecule has 0 atom stereocenters. The van der Waals surface area contributed by atoms with Crippen LogP contribution in [0, 0.1) is 6.92 Å². The van der Waals surface area contributed by atoms with Crippen LogP contribution in [0.2, 0.25) is 0 Å². The molecular weight excluding hydrogens is 426 g/mol. The predicted molar refractivity (Wildman–Crippen MR) is 99.3 cm³/mol. The van der Waals surface area contributed by atoms with Crippen molar-refractivity contribution in [1.82, 2.24) is 14.8 Å². The lowest BCUT2D eigenvalue weighted by Gasteiger charge is -2.11. The van der Waals surface area contributed by atoms with E-state index in [0.29, 0.717) is 5.69 Å². The average molecular weight is 442 g/mol. The number of nitrogens with one attached hydrogen (secondary N) is 1. The van der Waals surface area contributed by atoms with Crippen LogP contribution in [0.1, 0.15) is 41.3 Å². The Bertz CT molecular complexity index is 1140. The number of pyridine rings is 1. The van der Waals surface area contributed by atoms with Gasteiger partial charge < -0.3 is 5.32 Å². The van der Waals surface area contributed by atoms with Crippen LogP contribution in [0.15, 0.2) is 30.3 Å². The number of benzene rings is 1. The van der Waals surface area contributed by atoms with Crippen LogP contribution in [-0.4, -0.2) is 20.7 Å². The predicted octanol–water partition coefficient (Wildman–Crippen LogP) is 5.29. The number of aryl methyl sites for hydroxylation is 1. The maximum atomic E-state index is 13.6. The van der Waals surface area contributed by atoms with Crippen LogP contribution < -0.4 is 5.32 Å². The molecule has 0 radical (unpaired) electrons. The van der Waals surface area contributed by atoms with E-state index in [0.717, 1.165) is 47.9 Å². The molecule has 1 amide bonds. The van der Waals surface area contributed by atoms with E-state index in [1.807, 2.05) is 0 Å². The summed E-state index contributed by atoms with van der Waals surface area (Å²) in [5.74, 6) is -0.702. The smallest absolute Gasteiger partial charge is 0.324 e. The number of hydrogen-bond acceptors (Lipinski definition) is 3. The first-order valence-corrected chi connectivity index (χ1v) is 9.36. The Morgan fingerprint density at radius 1 is 1.10 bits per heavy atom.